The van der Waals surface area contributed by atoms with Gasteiger partial charge in [-0.15, -0.1) is 0 Å². The number of hydrogen-bond donors (Lipinski definition) is 1. The molecule has 1 saturated carbocycles. The molecular weight excluding hydrogens is 186 g/mol. The van der Waals surface area contributed by atoms with Crippen LogP contribution in [0.25, 0.3) is 0 Å². The second-order valence-electron chi connectivity index (χ2n) is 3.91. The van der Waals surface area contributed by atoms with Gasteiger partial charge in [-0.25, -0.2) is 4.21 Å². The molecule has 0 saturated heterocycles. The van der Waals surface area contributed by atoms with E-state index in [0.717, 1.165) is 19.4 Å². The van der Waals surface area contributed by atoms with Gasteiger partial charge in [0, 0.05) is 12.5 Å². The Kier molecular flexibility index (Phi) is 2.79. The molecule has 2 rings (SSSR count). The van der Waals surface area contributed by atoms with Gasteiger partial charge in [0.15, 0.2) is 0 Å². The van der Waals surface area contributed by atoms with Gasteiger partial charge in [-0.3, -0.25) is 4.99 Å². The summed E-state index contributed by atoms with van der Waals surface area (Å²) in [5, 5.41) is 0.566. The van der Waals surface area contributed by atoms with Crippen molar-refractivity contribution in [2.24, 2.45) is 16.8 Å². The van der Waals surface area contributed by atoms with Gasteiger partial charge >= 0.3 is 0 Å². The number of aliphatic imine (C=N–C) groups is 1. The van der Waals surface area contributed by atoms with E-state index in [0.29, 0.717) is 16.9 Å². The normalized spacial score (nSPS) is 36.2. The summed E-state index contributed by atoms with van der Waals surface area (Å²) in [7, 11) is 0. The van der Waals surface area contributed by atoms with Crippen molar-refractivity contribution in [1.82, 2.24) is 0 Å². The Morgan fingerprint density at radius 2 is 2.08 bits per heavy atom. The molecule has 1 fully saturated rings. The fourth-order valence-corrected chi connectivity index (χ4v) is 3.29. The lowest BCUT2D eigenvalue weighted by molar-refractivity contribution is 0.279. The zero-order valence-corrected chi connectivity index (χ0v) is 8.42. The van der Waals surface area contributed by atoms with Crippen LogP contribution in [0.3, 0.4) is 0 Å². The average molecular weight is 201 g/mol. The van der Waals surface area contributed by atoms with Crippen LogP contribution in [-0.4, -0.2) is 20.4 Å². The lowest BCUT2D eigenvalue weighted by Crippen LogP contribution is -2.33. The van der Waals surface area contributed by atoms with E-state index >= 15 is 0 Å². The van der Waals surface area contributed by atoms with Crippen molar-refractivity contribution in [3.8, 4) is 0 Å². The molecule has 74 valence electrons. The van der Waals surface area contributed by atoms with E-state index in [1.165, 1.54) is 19.3 Å². The molecular formula is C9H15NO2S. The molecule has 0 aromatic heterocycles. The summed E-state index contributed by atoms with van der Waals surface area (Å²) >= 11 is -1.82. The molecule has 1 aliphatic carbocycles. The quantitative estimate of drug-likeness (QED) is 0.608. The smallest absolute Gasteiger partial charge is 0.201 e. The van der Waals surface area contributed by atoms with Crippen molar-refractivity contribution in [3.63, 3.8) is 0 Å². The zero-order valence-electron chi connectivity index (χ0n) is 7.61. The molecule has 0 bridgehead atoms. The van der Waals surface area contributed by atoms with Gasteiger partial charge in [-0.2, -0.15) is 0 Å². The minimum atomic E-state index is -1.82. The number of nitrogens with zero attached hydrogens (tertiary/aromatic N) is 1. The van der Waals surface area contributed by atoms with Gasteiger partial charge in [0.05, 0.1) is 0 Å². The zero-order chi connectivity index (χ0) is 9.26. The van der Waals surface area contributed by atoms with Crippen LogP contribution in [0.15, 0.2) is 4.99 Å². The van der Waals surface area contributed by atoms with E-state index in [9.17, 15) is 4.21 Å². The standard InChI is InChI=1S/C9H15NO2S/c11-13(12)9-8-4-2-1-3-7(8)5-6-10-9/h7-8H,1-6H2,(H,11,12). The lowest BCUT2D eigenvalue weighted by Gasteiger charge is -2.33. The minimum absolute atomic E-state index is 0.313. The van der Waals surface area contributed by atoms with E-state index in [-0.39, 0.29) is 0 Å². The van der Waals surface area contributed by atoms with Crippen LogP contribution in [0, 0.1) is 11.8 Å². The highest BCUT2D eigenvalue weighted by Crippen LogP contribution is 2.36. The molecule has 0 spiro atoms. The Labute approximate surface area is 80.9 Å². The third-order valence-corrected chi connectivity index (χ3v) is 3.96. The summed E-state index contributed by atoms with van der Waals surface area (Å²) < 4.78 is 20.0. The van der Waals surface area contributed by atoms with Crippen molar-refractivity contribution in [2.45, 2.75) is 32.1 Å². The van der Waals surface area contributed by atoms with Crippen LogP contribution in [0.1, 0.15) is 32.1 Å². The van der Waals surface area contributed by atoms with Crippen LogP contribution in [0.4, 0.5) is 0 Å². The Morgan fingerprint density at radius 1 is 1.31 bits per heavy atom. The maximum absolute atomic E-state index is 11.0. The Hall–Kier alpha value is -0.220. The first-order valence-electron chi connectivity index (χ1n) is 4.94. The molecule has 0 aromatic rings. The van der Waals surface area contributed by atoms with E-state index < -0.39 is 11.1 Å². The van der Waals surface area contributed by atoms with E-state index in [2.05, 4.69) is 4.99 Å². The average Bonchev–Trinajstić information content (AvgIpc) is 2.17. The second kappa shape index (κ2) is 3.88. The molecule has 4 heteroatoms. The summed E-state index contributed by atoms with van der Waals surface area (Å²) in [6.45, 7) is 0.753. The third kappa shape index (κ3) is 1.83. The minimum Gasteiger partial charge on any atom is -0.301 e. The first-order chi connectivity index (χ1) is 6.29. The van der Waals surface area contributed by atoms with Crippen LogP contribution < -0.4 is 0 Å². The summed E-state index contributed by atoms with van der Waals surface area (Å²) in [5.41, 5.74) is 0. The molecule has 1 heterocycles. The van der Waals surface area contributed by atoms with Crippen molar-refractivity contribution >= 4 is 16.1 Å². The van der Waals surface area contributed by atoms with E-state index in [4.69, 9.17) is 4.55 Å². The molecule has 3 atom stereocenters. The van der Waals surface area contributed by atoms with Crippen LogP contribution in [-0.2, 0) is 11.1 Å². The highest BCUT2D eigenvalue weighted by molar-refractivity contribution is 7.95. The maximum atomic E-state index is 11.0. The Morgan fingerprint density at radius 3 is 2.85 bits per heavy atom. The number of fused-ring (bicyclic) bond motifs is 1. The monoisotopic (exact) mass is 201 g/mol. The number of rotatable bonds is 0. The highest BCUT2D eigenvalue weighted by Gasteiger charge is 2.33. The molecule has 3 nitrogen and oxygen atoms in total. The summed E-state index contributed by atoms with van der Waals surface area (Å²) in [6, 6.07) is 0. The number of hydrogen-bond acceptors (Lipinski definition) is 2. The van der Waals surface area contributed by atoms with Gasteiger partial charge < -0.3 is 4.55 Å². The summed E-state index contributed by atoms with van der Waals surface area (Å²) in [5.74, 6) is 0.950. The third-order valence-electron chi connectivity index (χ3n) is 3.17. The van der Waals surface area contributed by atoms with Gasteiger partial charge in [-0.1, -0.05) is 12.8 Å². The van der Waals surface area contributed by atoms with Crippen molar-refractivity contribution in [3.05, 3.63) is 0 Å². The Balaban J connectivity index is 2.17. The molecule has 3 unspecified atom stereocenters. The SMILES string of the molecule is O=S(O)C1=NCCC2CCCCC12. The summed E-state index contributed by atoms with van der Waals surface area (Å²) in [6.07, 6.45) is 5.88. The predicted molar refractivity (Wildman–Crippen MR) is 53.1 cm³/mol. The van der Waals surface area contributed by atoms with Crippen LogP contribution in [0.5, 0.6) is 0 Å². The van der Waals surface area contributed by atoms with E-state index in [1.807, 2.05) is 0 Å². The molecule has 1 N–H and O–H groups in total. The largest absolute Gasteiger partial charge is 0.301 e. The molecule has 1 aliphatic heterocycles. The maximum Gasteiger partial charge on any atom is 0.201 e. The van der Waals surface area contributed by atoms with Gasteiger partial charge in [0.2, 0.25) is 11.1 Å². The topological polar surface area (TPSA) is 49.7 Å². The Bertz CT molecular complexity index is 252. The van der Waals surface area contributed by atoms with Crippen LogP contribution in [0.2, 0.25) is 0 Å². The van der Waals surface area contributed by atoms with Crippen molar-refractivity contribution in [1.29, 1.82) is 0 Å². The molecule has 13 heavy (non-hydrogen) atoms. The highest BCUT2D eigenvalue weighted by atomic mass is 32.2. The van der Waals surface area contributed by atoms with Crippen molar-refractivity contribution in [2.75, 3.05) is 6.54 Å². The predicted octanol–water partition coefficient (Wildman–Crippen LogP) is 1.82. The van der Waals surface area contributed by atoms with Gasteiger partial charge in [-0.05, 0) is 25.2 Å². The van der Waals surface area contributed by atoms with Crippen LogP contribution >= 0.6 is 0 Å². The van der Waals surface area contributed by atoms with Gasteiger partial charge in [0.1, 0.15) is 5.04 Å². The van der Waals surface area contributed by atoms with Crippen molar-refractivity contribution < 1.29 is 8.76 Å². The second-order valence-corrected chi connectivity index (χ2v) is 4.83. The fourth-order valence-electron chi connectivity index (χ4n) is 2.52. The molecule has 0 amide bonds. The van der Waals surface area contributed by atoms with E-state index in [1.54, 1.807) is 0 Å². The first kappa shape index (κ1) is 9.34. The lowest BCUT2D eigenvalue weighted by atomic mass is 9.77. The molecule has 0 radical (unpaired) electrons. The first-order valence-corrected chi connectivity index (χ1v) is 6.05. The fraction of sp³-hybridized carbons (Fsp3) is 0.889. The molecule has 2 aliphatic rings. The molecule has 0 aromatic carbocycles. The summed E-state index contributed by atoms with van der Waals surface area (Å²) in [4.78, 5) is 4.18. The van der Waals surface area contributed by atoms with Gasteiger partial charge in [0.25, 0.3) is 0 Å².